The Bertz CT molecular complexity index is 1340. The smallest absolute Gasteiger partial charge is 0.266 e. The summed E-state index contributed by atoms with van der Waals surface area (Å²) in [5, 5.41) is 1.25. The van der Waals surface area contributed by atoms with E-state index in [9.17, 15) is 9.18 Å². The van der Waals surface area contributed by atoms with Crippen molar-refractivity contribution < 1.29 is 18.7 Å². The van der Waals surface area contributed by atoms with Gasteiger partial charge in [0.2, 0.25) is 0 Å². The van der Waals surface area contributed by atoms with E-state index < -0.39 is 0 Å². The summed E-state index contributed by atoms with van der Waals surface area (Å²) in [5.41, 5.74) is 2.32. The quantitative estimate of drug-likeness (QED) is 0.244. The van der Waals surface area contributed by atoms with Gasteiger partial charge in [0.15, 0.2) is 16.7 Å². The van der Waals surface area contributed by atoms with Crippen LogP contribution >= 0.6 is 39.3 Å². The van der Waals surface area contributed by atoms with Gasteiger partial charge in [0.25, 0.3) is 5.91 Å². The van der Waals surface area contributed by atoms with Crippen molar-refractivity contribution in [1.82, 2.24) is 4.90 Å². The lowest BCUT2D eigenvalue weighted by Crippen LogP contribution is -2.32. The van der Waals surface area contributed by atoms with Crippen molar-refractivity contribution >= 4 is 62.1 Å². The third-order valence-corrected chi connectivity index (χ3v) is 7.18. The summed E-state index contributed by atoms with van der Waals surface area (Å²) in [6, 6.07) is 17.0. The fourth-order valence-corrected chi connectivity index (χ4v) is 5.30. The second-order valence-corrected chi connectivity index (χ2v) is 11.0. The minimum atomic E-state index is -0.299. The third-order valence-electron chi connectivity index (χ3n) is 5.33. The fraction of sp³-hybridized carbons (Fsp3) is 0.214. The van der Waals surface area contributed by atoms with E-state index in [-0.39, 0.29) is 24.2 Å². The average molecular weight is 604 g/mol. The van der Waals surface area contributed by atoms with Gasteiger partial charge in [-0.3, -0.25) is 9.69 Å². The zero-order valence-corrected chi connectivity index (χ0v) is 23.7. The van der Waals surface area contributed by atoms with Crippen molar-refractivity contribution in [3.05, 3.63) is 92.0 Å². The van der Waals surface area contributed by atoms with E-state index in [4.69, 9.17) is 26.1 Å². The van der Waals surface area contributed by atoms with Crippen molar-refractivity contribution in [2.24, 2.45) is 10.9 Å². The first kappa shape index (κ1) is 27.2. The summed E-state index contributed by atoms with van der Waals surface area (Å²) in [4.78, 5) is 20.3. The molecule has 1 saturated heterocycles. The summed E-state index contributed by atoms with van der Waals surface area (Å²) < 4.78 is 25.4. The number of amidine groups is 1. The molecule has 37 heavy (non-hydrogen) atoms. The average Bonchev–Trinajstić information content (AvgIpc) is 3.13. The number of hydrogen-bond acceptors (Lipinski definition) is 5. The number of ether oxygens (including phenoxy) is 2. The summed E-state index contributed by atoms with van der Waals surface area (Å²) >= 11 is 10.9. The molecular formula is C28H25BrClFN2O3S. The molecule has 0 atom stereocenters. The largest absolute Gasteiger partial charge is 0.493 e. The summed E-state index contributed by atoms with van der Waals surface area (Å²) in [6.07, 6.45) is 1.82. The van der Waals surface area contributed by atoms with Gasteiger partial charge in [0.05, 0.1) is 22.2 Å². The van der Waals surface area contributed by atoms with Crippen molar-refractivity contribution in [1.29, 1.82) is 0 Å². The molecule has 1 aliphatic heterocycles. The number of rotatable bonds is 8. The number of hydrogen-bond donors (Lipinski definition) is 0. The van der Waals surface area contributed by atoms with E-state index in [1.54, 1.807) is 36.3 Å². The Morgan fingerprint density at radius 3 is 2.49 bits per heavy atom. The van der Waals surface area contributed by atoms with Gasteiger partial charge in [0, 0.05) is 11.6 Å². The molecule has 1 fully saturated rings. The van der Waals surface area contributed by atoms with E-state index in [0.29, 0.717) is 37.6 Å². The molecule has 3 aromatic rings. The first-order chi connectivity index (χ1) is 17.7. The monoisotopic (exact) mass is 602 g/mol. The van der Waals surface area contributed by atoms with Gasteiger partial charge < -0.3 is 9.47 Å². The second-order valence-electron chi connectivity index (χ2n) is 8.74. The van der Waals surface area contributed by atoms with Gasteiger partial charge in [-0.15, -0.1) is 0 Å². The summed E-state index contributed by atoms with van der Waals surface area (Å²) in [6.45, 7) is 4.93. The molecule has 0 spiro atoms. The lowest BCUT2D eigenvalue weighted by molar-refractivity contribution is -0.122. The molecular weight excluding hydrogens is 579 g/mol. The highest BCUT2D eigenvalue weighted by Gasteiger charge is 2.33. The number of thioether (sulfide) groups is 1. The zero-order chi connectivity index (χ0) is 26.5. The number of aliphatic imine (C=N–C) groups is 1. The van der Waals surface area contributed by atoms with Crippen LogP contribution < -0.4 is 9.47 Å². The van der Waals surface area contributed by atoms with E-state index in [0.717, 1.165) is 16.8 Å². The van der Waals surface area contributed by atoms with E-state index in [1.165, 1.54) is 23.9 Å². The van der Waals surface area contributed by atoms with E-state index in [1.807, 2.05) is 30.3 Å². The summed E-state index contributed by atoms with van der Waals surface area (Å²) in [5.74, 6) is 0.899. The predicted molar refractivity (Wildman–Crippen MR) is 152 cm³/mol. The van der Waals surface area contributed by atoms with Crippen LogP contribution in [0.25, 0.3) is 6.08 Å². The lowest BCUT2D eigenvalue weighted by atomic mass is 10.1. The van der Waals surface area contributed by atoms with Gasteiger partial charge in [0.1, 0.15) is 12.4 Å². The molecule has 0 unspecified atom stereocenters. The second kappa shape index (κ2) is 12.2. The first-order valence-electron chi connectivity index (χ1n) is 11.5. The van der Waals surface area contributed by atoms with Crippen LogP contribution in [0.3, 0.4) is 0 Å². The third kappa shape index (κ3) is 6.94. The SMILES string of the molecule is COc1cc(/C=C2\SC(=Nc3ccc(Cl)cc3)N(CC(C)C)C2=O)cc(Br)c1OCc1ccc(F)cc1. The van der Waals surface area contributed by atoms with Gasteiger partial charge in [-0.25, -0.2) is 9.38 Å². The Morgan fingerprint density at radius 1 is 1.14 bits per heavy atom. The van der Waals surface area contributed by atoms with Crippen LogP contribution in [0.2, 0.25) is 5.02 Å². The fourth-order valence-electron chi connectivity index (χ4n) is 3.59. The van der Waals surface area contributed by atoms with Crippen LogP contribution in [-0.2, 0) is 11.4 Å². The molecule has 1 heterocycles. The number of halogens is 3. The topological polar surface area (TPSA) is 51.1 Å². The van der Waals surface area contributed by atoms with Crippen LogP contribution in [0.5, 0.6) is 11.5 Å². The standard InChI is InChI=1S/C28H25BrClFN2O3S/c1-17(2)15-33-27(34)25(37-28(33)32-22-10-6-20(30)7-11-22)14-19-12-23(29)26(24(13-19)35-3)36-16-18-4-8-21(31)9-5-18/h4-14,17H,15-16H2,1-3H3/b25-14-,32-28?. The zero-order valence-electron chi connectivity index (χ0n) is 20.5. The summed E-state index contributed by atoms with van der Waals surface area (Å²) in [7, 11) is 1.56. The highest BCUT2D eigenvalue weighted by atomic mass is 79.9. The molecule has 9 heteroatoms. The van der Waals surface area contributed by atoms with Gasteiger partial charge in [-0.05, 0) is 99.3 Å². The van der Waals surface area contributed by atoms with Crippen LogP contribution in [0.4, 0.5) is 10.1 Å². The molecule has 0 bridgehead atoms. The molecule has 0 saturated carbocycles. The maximum Gasteiger partial charge on any atom is 0.266 e. The van der Waals surface area contributed by atoms with Crippen molar-refractivity contribution in [2.45, 2.75) is 20.5 Å². The maximum absolute atomic E-state index is 13.3. The van der Waals surface area contributed by atoms with Crippen molar-refractivity contribution in [3.8, 4) is 11.5 Å². The molecule has 3 aromatic carbocycles. The number of amides is 1. The normalized spacial score (nSPS) is 15.8. The Labute approximate surface area is 233 Å². The Balaban J connectivity index is 1.60. The molecule has 0 N–H and O–H groups in total. The maximum atomic E-state index is 13.3. The molecule has 0 aliphatic carbocycles. The first-order valence-corrected chi connectivity index (χ1v) is 13.5. The van der Waals surface area contributed by atoms with E-state index in [2.05, 4.69) is 29.8 Å². The van der Waals surface area contributed by atoms with Gasteiger partial charge >= 0.3 is 0 Å². The number of nitrogens with zero attached hydrogens (tertiary/aromatic N) is 2. The molecule has 0 aromatic heterocycles. The van der Waals surface area contributed by atoms with E-state index >= 15 is 0 Å². The van der Waals surface area contributed by atoms with Crippen LogP contribution in [0.1, 0.15) is 25.0 Å². The highest BCUT2D eigenvalue weighted by Crippen LogP contribution is 2.40. The molecule has 5 nitrogen and oxygen atoms in total. The van der Waals surface area contributed by atoms with Crippen LogP contribution in [-0.4, -0.2) is 29.6 Å². The van der Waals surface area contributed by atoms with Crippen LogP contribution in [0.15, 0.2) is 75.0 Å². The number of methoxy groups -OCH3 is 1. The Kier molecular flexibility index (Phi) is 8.95. The number of benzene rings is 3. The van der Waals surface area contributed by atoms with Crippen molar-refractivity contribution in [3.63, 3.8) is 0 Å². The van der Waals surface area contributed by atoms with Gasteiger partial charge in [-0.2, -0.15) is 0 Å². The molecule has 4 rings (SSSR count). The van der Waals surface area contributed by atoms with Gasteiger partial charge in [-0.1, -0.05) is 37.6 Å². The van der Waals surface area contributed by atoms with Crippen molar-refractivity contribution in [2.75, 3.05) is 13.7 Å². The Morgan fingerprint density at radius 2 is 1.84 bits per heavy atom. The number of carbonyl (C=O) groups excluding carboxylic acids is 1. The minimum absolute atomic E-state index is 0.0989. The molecule has 1 amide bonds. The van der Waals surface area contributed by atoms with Crippen LogP contribution in [0, 0.1) is 11.7 Å². The molecule has 1 aliphatic rings. The molecule has 192 valence electrons. The lowest BCUT2D eigenvalue weighted by Gasteiger charge is -2.17. The number of carbonyl (C=O) groups is 1. The molecule has 0 radical (unpaired) electrons. The minimum Gasteiger partial charge on any atom is -0.493 e. The Hall–Kier alpha value is -2.81. The highest BCUT2D eigenvalue weighted by molar-refractivity contribution is 9.10. The predicted octanol–water partition coefficient (Wildman–Crippen LogP) is 8.09.